The SMILES string of the molecule is CCCCCOc1ccc(P2(=S)SP(=S)(c3ccc(OCCCCC)cc3)S2)cc1. The van der Waals surface area contributed by atoms with E-state index in [4.69, 9.17) is 33.1 Å². The summed E-state index contributed by atoms with van der Waals surface area (Å²) in [6, 6.07) is 16.8. The van der Waals surface area contributed by atoms with Gasteiger partial charge in [-0.05, 0) is 61.4 Å². The van der Waals surface area contributed by atoms with Gasteiger partial charge in [0, 0.05) is 10.6 Å². The van der Waals surface area contributed by atoms with Gasteiger partial charge < -0.3 is 9.47 Å². The summed E-state index contributed by atoms with van der Waals surface area (Å²) in [5.74, 6) is 1.86. The van der Waals surface area contributed by atoms with Crippen molar-refractivity contribution in [3.8, 4) is 11.5 Å². The van der Waals surface area contributed by atoms with E-state index in [1.54, 1.807) is 0 Å². The normalized spacial score (nSPS) is 23.0. The third kappa shape index (κ3) is 6.53. The molecule has 2 aromatic rings. The molecule has 8 heteroatoms. The van der Waals surface area contributed by atoms with E-state index in [9.17, 15) is 0 Å². The van der Waals surface area contributed by atoms with E-state index in [0.717, 1.165) is 37.6 Å². The Morgan fingerprint density at radius 3 is 1.33 bits per heavy atom. The van der Waals surface area contributed by atoms with E-state index in [0.29, 0.717) is 0 Å². The van der Waals surface area contributed by atoms with Crippen LogP contribution in [0.1, 0.15) is 52.4 Å². The highest BCUT2D eigenvalue weighted by Gasteiger charge is 2.45. The standard InChI is InChI=1S/C22H30O2P2S4/c1-3-5-7-17-23-19-9-13-21(14-10-19)25(27)29-26(28,30-25)22-15-11-20(12-16-22)24-18-8-6-4-2/h9-16H,3-8,17-18H2,1-2H3. The van der Waals surface area contributed by atoms with Crippen LogP contribution in [0.15, 0.2) is 48.5 Å². The van der Waals surface area contributed by atoms with E-state index in [1.807, 2.05) is 22.0 Å². The molecule has 0 aliphatic carbocycles. The Balaban J connectivity index is 1.55. The molecule has 1 aliphatic rings. The van der Waals surface area contributed by atoms with Crippen LogP contribution in [0.25, 0.3) is 0 Å². The zero-order valence-corrected chi connectivity index (χ0v) is 22.7. The van der Waals surface area contributed by atoms with Crippen LogP contribution in [0.5, 0.6) is 11.5 Å². The van der Waals surface area contributed by atoms with Crippen molar-refractivity contribution in [3.05, 3.63) is 48.5 Å². The number of benzene rings is 2. The van der Waals surface area contributed by atoms with Gasteiger partial charge in [0.2, 0.25) is 0 Å². The molecule has 0 atom stereocenters. The highest BCUT2D eigenvalue weighted by Crippen LogP contribution is 3.04. The van der Waals surface area contributed by atoms with E-state index in [1.165, 1.54) is 36.3 Å². The zero-order valence-electron chi connectivity index (χ0n) is 17.6. The number of rotatable bonds is 12. The molecule has 0 spiro atoms. The van der Waals surface area contributed by atoms with Gasteiger partial charge in [-0.25, -0.2) is 0 Å². The summed E-state index contributed by atoms with van der Waals surface area (Å²) >= 11 is 15.9. The van der Waals surface area contributed by atoms with E-state index < -0.39 is 8.88 Å². The molecule has 2 aromatic carbocycles. The number of hydrogen-bond acceptors (Lipinski definition) is 6. The van der Waals surface area contributed by atoms with Crippen molar-refractivity contribution in [1.29, 1.82) is 0 Å². The van der Waals surface area contributed by atoms with Crippen LogP contribution in [0.2, 0.25) is 0 Å². The Labute approximate surface area is 199 Å². The Hall–Kier alpha value is 0.0400. The fraction of sp³-hybridized carbons (Fsp3) is 0.455. The molecule has 164 valence electrons. The molecule has 0 aromatic heterocycles. The van der Waals surface area contributed by atoms with Crippen molar-refractivity contribution < 1.29 is 9.47 Å². The first-order chi connectivity index (χ1) is 14.5. The lowest BCUT2D eigenvalue weighted by atomic mass is 10.3. The molecule has 0 N–H and O–H groups in total. The maximum absolute atomic E-state index is 6.05. The van der Waals surface area contributed by atoms with Gasteiger partial charge in [-0.3, -0.25) is 0 Å². The zero-order chi connectivity index (χ0) is 21.5. The summed E-state index contributed by atoms with van der Waals surface area (Å²) < 4.78 is 8.26. The minimum atomic E-state index is -1.70. The molecule has 1 fully saturated rings. The molecule has 2 nitrogen and oxygen atoms in total. The molecule has 0 saturated carbocycles. The summed E-state index contributed by atoms with van der Waals surface area (Å²) in [6.45, 7) is 5.97. The van der Waals surface area contributed by atoms with Crippen molar-refractivity contribution in [2.24, 2.45) is 0 Å². The minimum absolute atomic E-state index is 0.782. The Kier molecular flexibility index (Phi) is 9.68. The topological polar surface area (TPSA) is 18.5 Å². The summed E-state index contributed by atoms with van der Waals surface area (Å²) in [5.41, 5.74) is 0. The molecular weight excluding hydrogens is 486 g/mol. The number of ether oxygens (including phenoxy) is 2. The Morgan fingerprint density at radius 2 is 1.00 bits per heavy atom. The van der Waals surface area contributed by atoms with E-state index >= 15 is 0 Å². The molecule has 0 radical (unpaired) electrons. The van der Waals surface area contributed by atoms with Gasteiger partial charge in [-0.2, -0.15) is 0 Å². The van der Waals surface area contributed by atoms with Crippen molar-refractivity contribution in [2.45, 2.75) is 52.4 Å². The first kappa shape index (κ1) is 24.7. The van der Waals surface area contributed by atoms with Crippen LogP contribution in [0.4, 0.5) is 0 Å². The maximum atomic E-state index is 6.05. The first-order valence-electron chi connectivity index (χ1n) is 10.6. The van der Waals surface area contributed by atoms with Crippen LogP contribution in [0, 0.1) is 0 Å². The molecule has 30 heavy (non-hydrogen) atoms. The predicted octanol–water partition coefficient (Wildman–Crippen LogP) is 7.87. The van der Waals surface area contributed by atoms with Crippen LogP contribution in [0.3, 0.4) is 0 Å². The number of unbranched alkanes of at least 4 members (excludes halogenated alkanes) is 4. The van der Waals surface area contributed by atoms with Crippen molar-refractivity contribution in [1.82, 2.24) is 0 Å². The average Bonchev–Trinajstić information content (AvgIpc) is 2.74. The van der Waals surface area contributed by atoms with Crippen LogP contribution < -0.4 is 20.1 Å². The molecule has 1 aliphatic heterocycles. The second-order valence-electron chi connectivity index (χ2n) is 7.26. The van der Waals surface area contributed by atoms with Gasteiger partial charge >= 0.3 is 0 Å². The summed E-state index contributed by atoms with van der Waals surface area (Å²) in [4.78, 5) is 0. The fourth-order valence-electron chi connectivity index (χ4n) is 3.01. The van der Waals surface area contributed by atoms with Crippen molar-refractivity contribution in [3.63, 3.8) is 0 Å². The quantitative estimate of drug-likeness (QED) is 0.210. The molecule has 1 heterocycles. The van der Waals surface area contributed by atoms with Crippen LogP contribution >= 0.6 is 30.9 Å². The lowest BCUT2D eigenvalue weighted by Gasteiger charge is -2.40. The monoisotopic (exact) mass is 516 g/mol. The van der Waals surface area contributed by atoms with Crippen LogP contribution in [-0.2, 0) is 23.6 Å². The van der Waals surface area contributed by atoms with Gasteiger partial charge in [0.15, 0.2) is 0 Å². The number of hydrogen-bond donors (Lipinski definition) is 0. The van der Waals surface area contributed by atoms with E-state index in [-0.39, 0.29) is 0 Å². The molecule has 0 amide bonds. The molecule has 0 bridgehead atoms. The fourth-order valence-corrected chi connectivity index (χ4v) is 45.3. The highest BCUT2D eigenvalue weighted by atomic mass is 33.7. The smallest absolute Gasteiger partial charge is 0.119 e. The molecule has 3 rings (SSSR count). The van der Waals surface area contributed by atoms with Crippen molar-refractivity contribution >= 4 is 65.1 Å². The van der Waals surface area contributed by atoms with Gasteiger partial charge in [0.25, 0.3) is 0 Å². The third-order valence-corrected chi connectivity index (χ3v) is 36.0. The lowest BCUT2D eigenvalue weighted by molar-refractivity contribution is 0.306. The van der Waals surface area contributed by atoms with Gasteiger partial charge in [0.1, 0.15) is 11.5 Å². The second-order valence-corrected chi connectivity index (χ2v) is 28.5. The minimum Gasteiger partial charge on any atom is -0.494 e. The largest absolute Gasteiger partial charge is 0.494 e. The maximum Gasteiger partial charge on any atom is 0.119 e. The summed E-state index contributed by atoms with van der Waals surface area (Å²) in [6.07, 6.45) is 7.05. The summed E-state index contributed by atoms with van der Waals surface area (Å²) in [7, 11) is 0. The average molecular weight is 517 g/mol. The lowest BCUT2D eigenvalue weighted by Crippen LogP contribution is -2.09. The van der Waals surface area contributed by atoms with E-state index in [2.05, 4.69) is 62.4 Å². The highest BCUT2D eigenvalue weighted by molar-refractivity contribution is 9.48. The van der Waals surface area contributed by atoms with Gasteiger partial charge in [-0.1, -0.05) is 85.1 Å². The molecular formula is C22H30O2P2S4. The van der Waals surface area contributed by atoms with Gasteiger partial charge in [-0.15, -0.1) is 0 Å². The Bertz CT molecular complexity index is 813. The summed E-state index contributed by atoms with van der Waals surface area (Å²) in [5, 5.41) is 2.48. The van der Waals surface area contributed by atoms with Gasteiger partial charge in [0.05, 0.1) is 22.1 Å². The molecule has 0 unspecified atom stereocenters. The molecule has 1 saturated heterocycles. The predicted molar refractivity (Wildman–Crippen MR) is 146 cm³/mol. The Morgan fingerprint density at radius 1 is 0.633 bits per heavy atom. The van der Waals surface area contributed by atoms with Crippen LogP contribution in [-0.4, -0.2) is 13.2 Å². The first-order valence-corrected chi connectivity index (χ1v) is 20.2. The second kappa shape index (κ2) is 11.8. The third-order valence-electron chi connectivity index (χ3n) is 4.77. The van der Waals surface area contributed by atoms with Crippen molar-refractivity contribution in [2.75, 3.05) is 13.2 Å².